The summed E-state index contributed by atoms with van der Waals surface area (Å²) in [5, 5.41) is 3.84. The van der Waals surface area contributed by atoms with Gasteiger partial charge in [-0.05, 0) is 111 Å². The van der Waals surface area contributed by atoms with Gasteiger partial charge in [0.15, 0.2) is 0 Å². The van der Waals surface area contributed by atoms with Gasteiger partial charge in [-0.25, -0.2) is 0 Å². The van der Waals surface area contributed by atoms with E-state index in [0.717, 1.165) is 41.5 Å². The first-order valence-corrected chi connectivity index (χ1v) is 14.2. The van der Waals surface area contributed by atoms with Crippen molar-refractivity contribution in [3.05, 3.63) is 11.6 Å². The summed E-state index contributed by atoms with van der Waals surface area (Å²) >= 11 is 0. The predicted octanol–water partition coefficient (Wildman–Crippen LogP) is 9.03. The van der Waals surface area contributed by atoms with Crippen LogP contribution in [0.15, 0.2) is 11.6 Å². The van der Waals surface area contributed by atoms with Gasteiger partial charge in [-0.1, -0.05) is 79.9 Å². The van der Waals surface area contributed by atoms with Crippen LogP contribution >= 0.6 is 0 Å². The van der Waals surface area contributed by atoms with Crippen molar-refractivity contribution >= 4 is 0 Å². The summed E-state index contributed by atoms with van der Waals surface area (Å²) in [6, 6.07) is 0.743. The Balaban J connectivity index is 0.00000289. The van der Waals surface area contributed by atoms with Crippen molar-refractivity contribution in [2.24, 2.45) is 46.3 Å². The lowest BCUT2D eigenvalue weighted by molar-refractivity contribution is -0.0514. The third kappa shape index (κ3) is 4.76. The van der Waals surface area contributed by atoms with Crippen LogP contribution in [0.1, 0.15) is 126 Å². The van der Waals surface area contributed by atoms with Crippen LogP contribution in [0.2, 0.25) is 0 Å². The average Bonchev–Trinajstić information content (AvgIpc) is 3.09. The summed E-state index contributed by atoms with van der Waals surface area (Å²) in [4.78, 5) is 0. The molecule has 0 aromatic carbocycles. The standard InChI is InChI=1S/C30H53N.CH4/c1-7-19-31-24-15-17-29(5)23(20-24)11-12-25-27-14-13-26(22(4)10-8-9-21(2)3)30(27,6)18-16-28(25)29;/h11,21-22,24-28,31H,7-10,12-20H2,1-6H3;1H4/t22-,24+,25+,26?,27?,28?,29?,30?;/m1./s1. The Morgan fingerprint density at radius 2 is 1.78 bits per heavy atom. The molecule has 186 valence electrons. The van der Waals surface area contributed by atoms with Crippen LogP contribution < -0.4 is 5.32 Å². The Hall–Kier alpha value is -0.300. The third-order valence-corrected chi connectivity index (χ3v) is 11.0. The Labute approximate surface area is 202 Å². The molecular weight excluding hydrogens is 386 g/mol. The lowest BCUT2D eigenvalue weighted by Crippen LogP contribution is -2.51. The van der Waals surface area contributed by atoms with Gasteiger partial charge >= 0.3 is 0 Å². The number of allylic oxidation sites excluding steroid dienone is 1. The molecule has 5 unspecified atom stereocenters. The summed E-state index contributed by atoms with van der Waals surface area (Å²) in [5.74, 6) is 5.71. The van der Waals surface area contributed by atoms with Crippen LogP contribution in [-0.4, -0.2) is 12.6 Å². The van der Waals surface area contributed by atoms with E-state index in [4.69, 9.17) is 0 Å². The van der Waals surface area contributed by atoms with Crippen LogP contribution in [0.4, 0.5) is 0 Å². The first kappa shape index (κ1) is 26.3. The number of hydrogen-bond donors (Lipinski definition) is 1. The first-order chi connectivity index (χ1) is 14.8. The minimum Gasteiger partial charge on any atom is -0.314 e. The highest BCUT2D eigenvalue weighted by atomic mass is 14.9. The molecule has 4 aliphatic carbocycles. The second-order valence-electron chi connectivity index (χ2n) is 13.2. The Morgan fingerprint density at radius 3 is 2.50 bits per heavy atom. The molecule has 32 heavy (non-hydrogen) atoms. The van der Waals surface area contributed by atoms with Gasteiger partial charge in [0.05, 0.1) is 0 Å². The van der Waals surface area contributed by atoms with Gasteiger partial charge in [0.25, 0.3) is 0 Å². The van der Waals surface area contributed by atoms with Crippen molar-refractivity contribution in [2.45, 2.75) is 132 Å². The number of fused-ring (bicyclic) bond motifs is 5. The van der Waals surface area contributed by atoms with Crippen LogP contribution in [0.5, 0.6) is 0 Å². The molecule has 0 saturated heterocycles. The monoisotopic (exact) mass is 443 g/mol. The van der Waals surface area contributed by atoms with Crippen LogP contribution in [0, 0.1) is 46.3 Å². The number of hydrogen-bond acceptors (Lipinski definition) is 1. The lowest BCUT2D eigenvalue weighted by atomic mass is 9.47. The summed E-state index contributed by atoms with van der Waals surface area (Å²) in [6.45, 7) is 16.3. The van der Waals surface area contributed by atoms with Gasteiger partial charge < -0.3 is 5.32 Å². The van der Waals surface area contributed by atoms with Crippen molar-refractivity contribution in [1.29, 1.82) is 0 Å². The molecule has 0 radical (unpaired) electrons. The van der Waals surface area contributed by atoms with E-state index >= 15 is 0 Å². The lowest BCUT2D eigenvalue weighted by Gasteiger charge is -2.58. The van der Waals surface area contributed by atoms with E-state index in [9.17, 15) is 0 Å². The van der Waals surface area contributed by atoms with E-state index in [1.165, 1.54) is 83.6 Å². The highest BCUT2D eigenvalue weighted by molar-refractivity contribution is 5.26. The molecule has 1 heteroatoms. The molecule has 1 nitrogen and oxygen atoms in total. The van der Waals surface area contributed by atoms with E-state index < -0.39 is 0 Å². The number of rotatable bonds is 8. The van der Waals surface area contributed by atoms with Crippen LogP contribution in [0.3, 0.4) is 0 Å². The minimum absolute atomic E-state index is 0. The number of nitrogens with one attached hydrogen (secondary N) is 1. The molecular formula is C31H57N. The Kier molecular flexibility index (Phi) is 8.66. The minimum atomic E-state index is 0. The van der Waals surface area contributed by atoms with E-state index in [1.54, 1.807) is 0 Å². The summed E-state index contributed by atoms with van der Waals surface area (Å²) < 4.78 is 0. The maximum Gasteiger partial charge on any atom is 0.0105 e. The molecule has 4 rings (SSSR count). The highest BCUT2D eigenvalue weighted by Crippen LogP contribution is 2.67. The van der Waals surface area contributed by atoms with Crippen molar-refractivity contribution in [2.75, 3.05) is 6.54 Å². The largest absolute Gasteiger partial charge is 0.314 e. The van der Waals surface area contributed by atoms with Crippen molar-refractivity contribution < 1.29 is 0 Å². The molecule has 4 aliphatic rings. The zero-order valence-electron chi connectivity index (χ0n) is 21.8. The summed E-state index contributed by atoms with van der Waals surface area (Å²) in [5.41, 5.74) is 2.98. The molecule has 3 fully saturated rings. The Morgan fingerprint density at radius 1 is 1.00 bits per heavy atom. The van der Waals surface area contributed by atoms with Crippen molar-refractivity contribution in [3.8, 4) is 0 Å². The summed E-state index contributed by atoms with van der Waals surface area (Å²) in [6.07, 6.45) is 20.0. The molecule has 0 amide bonds. The SMILES string of the molecule is C.CCCN[C@H]1CCC2(C)C(=CC[C@@H]3C2CCC2(C)C3CCC2[C@H](C)CCCC(C)C)C1. The van der Waals surface area contributed by atoms with Crippen molar-refractivity contribution in [3.63, 3.8) is 0 Å². The molecule has 8 atom stereocenters. The van der Waals surface area contributed by atoms with Gasteiger partial charge in [-0.3, -0.25) is 0 Å². The van der Waals surface area contributed by atoms with E-state index in [1.807, 2.05) is 5.57 Å². The maximum absolute atomic E-state index is 3.84. The molecule has 0 aromatic rings. The zero-order valence-corrected chi connectivity index (χ0v) is 21.8. The second kappa shape index (κ2) is 10.5. The van der Waals surface area contributed by atoms with E-state index in [0.29, 0.717) is 10.8 Å². The molecule has 0 bridgehead atoms. The molecule has 0 heterocycles. The zero-order chi connectivity index (χ0) is 22.2. The fourth-order valence-electron chi connectivity index (χ4n) is 9.21. The van der Waals surface area contributed by atoms with Gasteiger partial charge in [-0.2, -0.15) is 0 Å². The average molecular weight is 444 g/mol. The topological polar surface area (TPSA) is 12.0 Å². The fourth-order valence-corrected chi connectivity index (χ4v) is 9.21. The van der Waals surface area contributed by atoms with Crippen LogP contribution in [0.25, 0.3) is 0 Å². The molecule has 0 aliphatic heterocycles. The fraction of sp³-hybridized carbons (Fsp3) is 0.935. The van der Waals surface area contributed by atoms with E-state index in [-0.39, 0.29) is 7.43 Å². The molecule has 0 spiro atoms. The normalized spacial score (nSPS) is 41.8. The maximum atomic E-state index is 3.84. The second-order valence-corrected chi connectivity index (χ2v) is 13.2. The summed E-state index contributed by atoms with van der Waals surface area (Å²) in [7, 11) is 0. The van der Waals surface area contributed by atoms with Crippen LogP contribution in [-0.2, 0) is 0 Å². The first-order valence-electron chi connectivity index (χ1n) is 14.2. The molecule has 1 N–H and O–H groups in total. The van der Waals surface area contributed by atoms with E-state index in [2.05, 4.69) is 52.9 Å². The Bertz CT molecular complexity index is 634. The predicted molar refractivity (Wildman–Crippen MR) is 142 cm³/mol. The third-order valence-electron chi connectivity index (χ3n) is 11.0. The van der Waals surface area contributed by atoms with Gasteiger partial charge in [0.2, 0.25) is 0 Å². The van der Waals surface area contributed by atoms with Gasteiger partial charge in [0, 0.05) is 6.04 Å². The highest BCUT2D eigenvalue weighted by Gasteiger charge is 2.59. The molecule has 3 saturated carbocycles. The van der Waals surface area contributed by atoms with Crippen molar-refractivity contribution in [1.82, 2.24) is 5.32 Å². The van der Waals surface area contributed by atoms with Gasteiger partial charge in [-0.15, -0.1) is 0 Å². The quantitative estimate of drug-likeness (QED) is 0.369. The van der Waals surface area contributed by atoms with Gasteiger partial charge in [0.1, 0.15) is 0 Å². The molecule has 0 aromatic heterocycles. The smallest absolute Gasteiger partial charge is 0.0105 e.